The quantitative estimate of drug-likeness (QED) is 0.648. The molecule has 1 aromatic heterocycles. The van der Waals surface area contributed by atoms with Crippen LogP contribution < -0.4 is 4.74 Å². The van der Waals surface area contributed by atoms with Gasteiger partial charge in [0.05, 0.1) is 17.9 Å². The molecule has 0 saturated carbocycles. The zero-order valence-corrected chi connectivity index (χ0v) is 13.5. The van der Waals surface area contributed by atoms with Crippen LogP contribution in [0.5, 0.6) is 11.5 Å². The fraction of sp³-hybridized carbons (Fsp3) is 0.412. The topological polar surface area (TPSA) is 72.6 Å². The van der Waals surface area contributed by atoms with Gasteiger partial charge in [0.25, 0.3) is 0 Å². The second-order valence-corrected chi connectivity index (χ2v) is 4.63. The zero-order chi connectivity index (χ0) is 16.5. The lowest BCUT2D eigenvalue weighted by molar-refractivity contribution is 0.112. The van der Waals surface area contributed by atoms with Gasteiger partial charge in [-0.1, -0.05) is 19.0 Å². The summed E-state index contributed by atoms with van der Waals surface area (Å²) >= 11 is 0. The molecule has 22 heavy (non-hydrogen) atoms. The third-order valence-electron chi connectivity index (χ3n) is 3.04. The monoisotopic (exact) mass is 305 g/mol. The molecule has 2 aromatic rings. The van der Waals surface area contributed by atoms with E-state index in [9.17, 15) is 9.90 Å². The van der Waals surface area contributed by atoms with E-state index >= 15 is 0 Å². The molecular weight excluding hydrogens is 282 g/mol. The molecule has 2 rings (SSSR count). The molecule has 5 nitrogen and oxygen atoms in total. The largest absolute Gasteiger partial charge is 0.507 e. The van der Waals surface area contributed by atoms with Gasteiger partial charge in [-0.2, -0.15) is 0 Å². The van der Waals surface area contributed by atoms with Gasteiger partial charge in [-0.05, 0) is 32.4 Å². The number of carbonyl (C=O) groups is 1. The molecule has 0 spiro atoms. The van der Waals surface area contributed by atoms with Crippen LogP contribution in [-0.4, -0.2) is 23.2 Å². The van der Waals surface area contributed by atoms with Crippen LogP contribution in [0.15, 0.2) is 22.7 Å². The molecule has 0 bridgehead atoms. The first-order valence-electron chi connectivity index (χ1n) is 7.44. The van der Waals surface area contributed by atoms with Crippen molar-refractivity contribution in [2.75, 3.05) is 6.61 Å². The Morgan fingerprint density at radius 1 is 1.32 bits per heavy atom. The van der Waals surface area contributed by atoms with Gasteiger partial charge in [0.2, 0.25) is 0 Å². The number of rotatable bonds is 6. The minimum absolute atomic E-state index is 0.0247. The summed E-state index contributed by atoms with van der Waals surface area (Å²) in [6.07, 6.45) is 2.15. The van der Waals surface area contributed by atoms with Crippen molar-refractivity contribution in [3.63, 3.8) is 0 Å². The second kappa shape index (κ2) is 8.87. The molecule has 0 amide bonds. The second-order valence-electron chi connectivity index (χ2n) is 4.63. The van der Waals surface area contributed by atoms with Gasteiger partial charge in [-0.3, -0.25) is 4.79 Å². The third-order valence-corrected chi connectivity index (χ3v) is 3.04. The van der Waals surface area contributed by atoms with E-state index in [1.54, 1.807) is 19.1 Å². The summed E-state index contributed by atoms with van der Waals surface area (Å²) < 4.78 is 10.7. The van der Waals surface area contributed by atoms with E-state index < -0.39 is 0 Å². The maximum absolute atomic E-state index is 10.7. The Morgan fingerprint density at radius 3 is 2.64 bits per heavy atom. The molecule has 0 radical (unpaired) electrons. The van der Waals surface area contributed by atoms with Crippen molar-refractivity contribution in [3.8, 4) is 11.5 Å². The lowest BCUT2D eigenvalue weighted by Gasteiger charge is -2.10. The highest BCUT2D eigenvalue weighted by molar-refractivity contribution is 5.80. The normalized spacial score (nSPS) is 9.82. The average Bonchev–Trinajstić information content (AvgIpc) is 2.95. The van der Waals surface area contributed by atoms with Crippen molar-refractivity contribution >= 4 is 6.29 Å². The van der Waals surface area contributed by atoms with Crippen molar-refractivity contribution in [2.45, 2.75) is 40.5 Å². The average molecular weight is 305 g/mol. The van der Waals surface area contributed by atoms with Crippen molar-refractivity contribution in [1.29, 1.82) is 0 Å². The van der Waals surface area contributed by atoms with Gasteiger partial charge in [-0.25, -0.2) is 0 Å². The first-order chi connectivity index (χ1) is 10.6. The molecule has 120 valence electrons. The van der Waals surface area contributed by atoms with E-state index in [0.29, 0.717) is 24.2 Å². The molecule has 0 aliphatic heterocycles. The number of hydrogen-bond donors (Lipinski definition) is 1. The Kier molecular flexibility index (Phi) is 7.16. The SMILES string of the molecule is CC.Cc1cc(CCCOc2ccc(C=O)c(O)c2C)on1. The van der Waals surface area contributed by atoms with E-state index in [1.165, 1.54) is 0 Å². The van der Waals surface area contributed by atoms with Crippen LogP contribution in [0.2, 0.25) is 0 Å². The van der Waals surface area contributed by atoms with Crippen molar-refractivity contribution < 1.29 is 19.2 Å². The van der Waals surface area contributed by atoms with Crippen LogP contribution in [0.1, 0.15) is 47.6 Å². The predicted molar refractivity (Wildman–Crippen MR) is 84.6 cm³/mol. The van der Waals surface area contributed by atoms with E-state index in [1.807, 2.05) is 26.8 Å². The number of ether oxygens (including phenoxy) is 1. The first kappa shape index (κ1) is 17.8. The van der Waals surface area contributed by atoms with Gasteiger partial charge in [-0.15, -0.1) is 0 Å². The van der Waals surface area contributed by atoms with Gasteiger partial charge < -0.3 is 14.4 Å². The first-order valence-corrected chi connectivity index (χ1v) is 7.44. The number of phenols is 1. The summed E-state index contributed by atoms with van der Waals surface area (Å²) in [6.45, 7) is 8.10. The number of hydrogen-bond acceptors (Lipinski definition) is 5. The van der Waals surface area contributed by atoms with Crippen molar-refractivity contribution in [2.24, 2.45) is 0 Å². The molecule has 1 aromatic carbocycles. The molecule has 1 heterocycles. The molecule has 0 unspecified atom stereocenters. The highest BCUT2D eigenvalue weighted by atomic mass is 16.5. The number of nitrogens with zero attached hydrogens (tertiary/aromatic N) is 1. The van der Waals surface area contributed by atoms with Gasteiger partial charge >= 0.3 is 0 Å². The molecule has 1 N–H and O–H groups in total. The highest BCUT2D eigenvalue weighted by Gasteiger charge is 2.09. The Bertz CT molecular complexity index is 605. The molecule has 0 fully saturated rings. The number of benzene rings is 1. The number of aromatic hydroxyl groups is 1. The minimum atomic E-state index is -0.0247. The van der Waals surface area contributed by atoms with E-state index in [-0.39, 0.29) is 11.3 Å². The lowest BCUT2D eigenvalue weighted by Crippen LogP contribution is -2.01. The predicted octanol–water partition coefficient (Wildman–Crippen LogP) is 3.85. The van der Waals surface area contributed by atoms with E-state index in [0.717, 1.165) is 24.3 Å². The number of aromatic nitrogens is 1. The third kappa shape index (κ3) is 4.62. The standard InChI is InChI=1S/C15H17NO4.C2H6/c1-10-8-13(20-16-10)4-3-7-19-14-6-5-12(9-17)15(18)11(14)2;1-2/h5-6,8-9,18H,3-4,7H2,1-2H3;1-2H3. The number of carbonyl (C=O) groups excluding carboxylic acids is 1. The van der Waals surface area contributed by atoms with Crippen LogP contribution in [0.4, 0.5) is 0 Å². The van der Waals surface area contributed by atoms with Crippen LogP contribution in [0.3, 0.4) is 0 Å². The summed E-state index contributed by atoms with van der Waals surface area (Å²) in [4.78, 5) is 10.7. The summed E-state index contributed by atoms with van der Waals surface area (Å²) in [5.41, 5.74) is 1.71. The van der Waals surface area contributed by atoms with Gasteiger partial charge in [0.15, 0.2) is 6.29 Å². The van der Waals surface area contributed by atoms with Crippen LogP contribution in [-0.2, 0) is 6.42 Å². The number of aldehydes is 1. The van der Waals surface area contributed by atoms with Crippen molar-refractivity contribution in [3.05, 3.63) is 40.8 Å². The van der Waals surface area contributed by atoms with Crippen molar-refractivity contribution in [1.82, 2.24) is 5.16 Å². The number of phenolic OH excluding ortho intramolecular Hbond substituents is 1. The van der Waals surface area contributed by atoms with Crippen LogP contribution in [0, 0.1) is 13.8 Å². The number of aryl methyl sites for hydroxylation is 2. The molecule has 5 heteroatoms. The molecular formula is C17H23NO4. The molecule has 0 aliphatic rings. The van der Waals surface area contributed by atoms with Crippen LogP contribution >= 0.6 is 0 Å². The highest BCUT2D eigenvalue weighted by Crippen LogP contribution is 2.29. The van der Waals surface area contributed by atoms with E-state index in [4.69, 9.17) is 9.26 Å². The maximum atomic E-state index is 10.7. The smallest absolute Gasteiger partial charge is 0.153 e. The van der Waals surface area contributed by atoms with Crippen LogP contribution in [0.25, 0.3) is 0 Å². The zero-order valence-electron chi connectivity index (χ0n) is 13.5. The Hall–Kier alpha value is -2.30. The molecule has 0 atom stereocenters. The lowest BCUT2D eigenvalue weighted by atomic mass is 10.1. The Labute approximate surface area is 130 Å². The van der Waals surface area contributed by atoms with Gasteiger partial charge in [0, 0.05) is 18.1 Å². The summed E-state index contributed by atoms with van der Waals surface area (Å²) in [7, 11) is 0. The summed E-state index contributed by atoms with van der Waals surface area (Å²) in [5, 5.41) is 13.6. The van der Waals surface area contributed by atoms with E-state index in [2.05, 4.69) is 5.16 Å². The Balaban J connectivity index is 0.00000116. The summed E-state index contributed by atoms with van der Waals surface area (Å²) in [6, 6.07) is 5.14. The fourth-order valence-corrected chi connectivity index (χ4v) is 1.92. The molecule has 0 saturated heterocycles. The molecule has 0 aliphatic carbocycles. The fourth-order valence-electron chi connectivity index (χ4n) is 1.92. The van der Waals surface area contributed by atoms with Gasteiger partial charge in [0.1, 0.15) is 17.3 Å². The minimum Gasteiger partial charge on any atom is -0.507 e. The summed E-state index contributed by atoms with van der Waals surface area (Å²) in [5.74, 6) is 1.40. The Morgan fingerprint density at radius 2 is 2.05 bits per heavy atom. The maximum Gasteiger partial charge on any atom is 0.153 e.